The van der Waals surface area contributed by atoms with Crippen LogP contribution in [-0.2, 0) is 4.79 Å². The van der Waals surface area contributed by atoms with E-state index in [2.05, 4.69) is 5.32 Å². The predicted molar refractivity (Wildman–Crippen MR) is 72.6 cm³/mol. The van der Waals surface area contributed by atoms with E-state index in [1.54, 1.807) is 0 Å². The summed E-state index contributed by atoms with van der Waals surface area (Å²) in [6.07, 6.45) is 1.20. The lowest BCUT2D eigenvalue weighted by atomic mass is 10.2. The Morgan fingerprint density at radius 3 is 2.94 bits per heavy atom. The number of hydrogen-bond acceptors (Lipinski definition) is 3. The first-order chi connectivity index (χ1) is 8.61. The van der Waals surface area contributed by atoms with Crippen molar-refractivity contribution in [3.8, 4) is 5.75 Å². The minimum absolute atomic E-state index is 0.00390. The molecule has 0 aliphatic carbocycles. The molecule has 18 heavy (non-hydrogen) atoms. The maximum Gasteiger partial charge on any atom is 0.220 e. The monoisotopic (exact) mass is 250 g/mol. The lowest BCUT2D eigenvalue weighted by Crippen LogP contribution is -2.36. The summed E-state index contributed by atoms with van der Waals surface area (Å²) in [6.45, 7) is 4.96. The molecule has 100 valence electrons. The maximum absolute atomic E-state index is 11.5. The third-order valence-electron chi connectivity index (χ3n) is 2.50. The fourth-order valence-electron chi connectivity index (χ4n) is 1.58. The van der Waals surface area contributed by atoms with Crippen LogP contribution in [0.3, 0.4) is 0 Å². The summed E-state index contributed by atoms with van der Waals surface area (Å²) < 4.78 is 5.61. The molecular formula is C14H22N2O2. The Labute approximate surface area is 109 Å². The van der Waals surface area contributed by atoms with Crippen molar-refractivity contribution in [3.05, 3.63) is 29.8 Å². The van der Waals surface area contributed by atoms with Gasteiger partial charge < -0.3 is 15.8 Å². The van der Waals surface area contributed by atoms with Crippen molar-refractivity contribution in [3.63, 3.8) is 0 Å². The predicted octanol–water partition coefficient (Wildman–Crippen LogP) is 1.62. The van der Waals surface area contributed by atoms with Gasteiger partial charge in [0.1, 0.15) is 12.4 Å². The van der Waals surface area contributed by atoms with Crippen LogP contribution < -0.4 is 15.8 Å². The molecule has 0 aliphatic rings. The lowest BCUT2D eigenvalue weighted by Gasteiger charge is -2.15. The molecule has 0 aliphatic heterocycles. The van der Waals surface area contributed by atoms with Crippen LogP contribution in [0.5, 0.6) is 5.75 Å². The molecule has 4 heteroatoms. The van der Waals surface area contributed by atoms with Gasteiger partial charge in [-0.2, -0.15) is 0 Å². The highest BCUT2D eigenvalue weighted by molar-refractivity contribution is 5.76. The Kier molecular flexibility index (Phi) is 6.22. The van der Waals surface area contributed by atoms with Crippen LogP contribution in [0, 0.1) is 6.92 Å². The van der Waals surface area contributed by atoms with Gasteiger partial charge in [0.25, 0.3) is 0 Å². The van der Waals surface area contributed by atoms with E-state index in [9.17, 15) is 4.79 Å². The van der Waals surface area contributed by atoms with Gasteiger partial charge in [0.15, 0.2) is 0 Å². The van der Waals surface area contributed by atoms with E-state index in [1.807, 2.05) is 38.1 Å². The molecule has 0 aromatic heterocycles. The number of carbonyl (C=O) groups excluding carboxylic acids is 1. The number of rotatable bonds is 7. The molecule has 3 N–H and O–H groups in total. The molecule has 1 unspecified atom stereocenters. The van der Waals surface area contributed by atoms with Crippen LogP contribution >= 0.6 is 0 Å². The van der Waals surface area contributed by atoms with Crippen LogP contribution in [0.25, 0.3) is 0 Å². The van der Waals surface area contributed by atoms with Crippen molar-refractivity contribution in [2.75, 3.05) is 13.2 Å². The van der Waals surface area contributed by atoms with Gasteiger partial charge in [-0.05, 0) is 44.5 Å². The van der Waals surface area contributed by atoms with E-state index in [1.165, 1.54) is 0 Å². The summed E-state index contributed by atoms with van der Waals surface area (Å²) in [7, 11) is 0. The second-order valence-electron chi connectivity index (χ2n) is 4.49. The standard InChI is InChI=1S/C14H22N2O2/c1-11-5-3-6-13(9-11)18-10-12(2)16-14(17)7-4-8-15/h3,5-6,9,12H,4,7-8,10,15H2,1-2H3,(H,16,17). The number of nitrogens with one attached hydrogen (secondary N) is 1. The summed E-state index contributed by atoms with van der Waals surface area (Å²) in [6, 6.07) is 7.86. The number of nitrogens with two attached hydrogens (primary N) is 1. The van der Waals surface area contributed by atoms with Gasteiger partial charge in [0.2, 0.25) is 5.91 Å². The molecule has 1 rings (SSSR count). The molecule has 0 bridgehead atoms. The topological polar surface area (TPSA) is 64.3 Å². The number of amides is 1. The average molecular weight is 250 g/mol. The minimum Gasteiger partial charge on any atom is -0.491 e. The van der Waals surface area contributed by atoms with Gasteiger partial charge in [0.05, 0.1) is 6.04 Å². The van der Waals surface area contributed by atoms with E-state index in [-0.39, 0.29) is 11.9 Å². The van der Waals surface area contributed by atoms with Crippen molar-refractivity contribution >= 4 is 5.91 Å². The van der Waals surface area contributed by atoms with Crippen molar-refractivity contribution in [1.82, 2.24) is 5.32 Å². The van der Waals surface area contributed by atoms with Crippen molar-refractivity contribution in [1.29, 1.82) is 0 Å². The fraction of sp³-hybridized carbons (Fsp3) is 0.500. The Balaban J connectivity index is 2.28. The number of carbonyl (C=O) groups is 1. The van der Waals surface area contributed by atoms with E-state index in [0.717, 1.165) is 17.7 Å². The number of ether oxygens (including phenoxy) is 1. The zero-order valence-corrected chi connectivity index (χ0v) is 11.1. The Morgan fingerprint density at radius 1 is 1.50 bits per heavy atom. The second kappa shape index (κ2) is 7.71. The average Bonchev–Trinajstić information content (AvgIpc) is 2.34. The molecule has 0 saturated carbocycles. The summed E-state index contributed by atoms with van der Waals surface area (Å²) in [5, 5.41) is 2.88. The molecule has 1 amide bonds. The maximum atomic E-state index is 11.5. The quantitative estimate of drug-likeness (QED) is 0.773. The number of aryl methyl sites for hydroxylation is 1. The van der Waals surface area contributed by atoms with Crippen molar-refractivity contribution in [2.45, 2.75) is 32.7 Å². The molecule has 0 saturated heterocycles. The molecule has 0 heterocycles. The normalized spacial score (nSPS) is 11.9. The van der Waals surface area contributed by atoms with Crippen molar-refractivity contribution in [2.24, 2.45) is 5.73 Å². The van der Waals surface area contributed by atoms with E-state index in [0.29, 0.717) is 19.6 Å². The molecule has 1 aromatic carbocycles. The summed E-state index contributed by atoms with van der Waals surface area (Å²) in [5.74, 6) is 0.860. The number of hydrogen-bond donors (Lipinski definition) is 2. The first kappa shape index (κ1) is 14.5. The van der Waals surface area contributed by atoms with Crippen LogP contribution in [0.15, 0.2) is 24.3 Å². The summed E-state index contributed by atoms with van der Waals surface area (Å²) in [5.41, 5.74) is 6.51. The van der Waals surface area contributed by atoms with E-state index < -0.39 is 0 Å². The smallest absolute Gasteiger partial charge is 0.220 e. The van der Waals surface area contributed by atoms with Crippen LogP contribution in [0.1, 0.15) is 25.3 Å². The van der Waals surface area contributed by atoms with Crippen LogP contribution in [0.2, 0.25) is 0 Å². The Morgan fingerprint density at radius 2 is 2.28 bits per heavy atom. The first-order valence-corrected chi connectivity index (χ1v) is 6.30. The van der Waals surface area contributed by atoms with E-state index >= 15 is 0 Å². The zero-order valence-electron chi connectivity index (χ0n) is 11.1. The highest BCUT2D eigenvalue weighted by atomic mass is 16.5. The fourth-order valence-corrected chi connectivity index (χ4v) is 1.58. The Bertz CT molecular complexity index is 380. The second-order valence-corrected chi connectivity index (χ2v) is 4.49. The molecule has 1 aromatic rings. The van der Waals surface area contributed by atoms with Crippen LogP contribution in [-0.4, -0.2) is 25.1 Å². The van der Waals surface area contributed by atoms with Gasteiger partial charge in [-0.1, -0.05) is 12.1 Å². The third-order valence-corrected chi connectivity index (χ3v) is 2.50. The highest BCUT2D eigenvalue weighted by Crippen LogP contribution is 2.12. The first-order valence-electron chi connectivity index (χ1n) is 6.30. The van der Waals surface area contributed by atoms with Gasteiger partial charge in [-0.15, -0.1) is 0 Å². The highest BCUT2D eigenvalue weighted by Gasteiger charge is 2.07. The largest absolute Gasteiger partial charge is 0.491 e. The van der Waals surface area contributed by atoms with Crippen LogP contribution in [0.4, 0.5) is 0 Å². The molecule has 1 atom stereocenters. The Hall–Kier alpha value is -1.55. The lowest BCUT2D eigenvalue weighted by molar-refractivity contribution is -0.121. The molecule has 0 fully saturated rings. The van der Waals surface area contributed by atoms with Gasteiger partial charge in [0, 0.05) is 6.42 Å². The van der Waals surface area contributed by atoms with Gasteiger partial charge >= 0.3 is 0 Å². The summed E-state index contributed by atoms with van der Waals surface area (Å²) in [4.78, 5) is 11.5. The minimum atomic E-state index is -0.00390. The third kappa shape index (κ3) is 5.68. The molecular weight excluding hydrogens is 228 g/mol. The molecule has 0 spiro atoms. The zero-order chi connectivity index (χ0) is 13.4. The van der Waals surface area contributed by atoms with Gasteiger partial charge in [-0.25, -0.2) is 0 Å². The number of benzene rings is 1. The van der Waals surface area contributed by atoms with Crippen molar-refractivity contribution < 1.29 is 9.53 Å². The summed E-state index contributed by atoms with van der Waals surface area (Å²) >= 11 is 0. The molecule has 4 nitrogen and oxygen atoms in total. The molecule has 0 radical (unpaired) electrons. The SMILES string of the molecule is Cc1cccc(OCC(C)NC(=O)CCCN)c1. The van der Waals surface area contributed by atoms with E-state index in [4.69, 9.17) is 10.5 Å². The van der Waals surface area contributed by atoms with Gasteiger partial charge in [-0.3, -0.25) is 4.79 Å².